The van der Waals surface area contributed by atoms with Crippen molar-refractivity contribution in [3.63, 3.8) is 0 Å². The third-order valence-corrected chi connectivity index (χ3v) is 6.78. The largest absolute Gasteiger partial charge is 0.465 e. The number of hydrogen-bond acceptors (Lipinski definition) is 5. The Hall–Kier alpha value is -2.60. The van der Waals surface area contributed by atoms with Crippen LogP contribution in [0.15, 0.2) is 46.8 Å². The number of nitrogens with zero attached hydrogens (tertiary/aromatic N) is 2. The molecule has 5 heteroatoms. The maximum Gasteiger partial charge on any atom is 0.147 e. The van der Waals surface area contributed by atoms with Gasteiger partial charge in [-0.2, -0.15) is 10.5 Å². The number of thiophene rings is 2. The molecule has 0 amide bonds. The predicted octanol–water partition coefficient (Wildman–Crippen LogP) is 5.76. The van der Waals surface area contributed by atoms with Crippen LogP contribution < -0.4 is 9.75 Å². The van der Waals surface area contributed by atoms with Gasteiger partial charge < -0.3 is 4.74 Å². The first-order valence-corrected chi connectivity index (χ1v) is 11.1. The molecule has 3 rings (SSSR count). The highest BCUT2D eigenvalue weighted by atomic mass is 32.1. The highest BCUT2D eigenvalue weighted by molar-refractivity contribution is 7.25. The van der Waals surface area contributed by atoms with E-state index in [-0.39, 0.29) is 16.4 Å². The van der Waals surface area contributed by atoms with Gasteiger partial charge in [0.25, 0.3) is 0 Å². The molecule has 0 spiro atoms. The zero-order chi connectivity index (χ0) is 21.4. The summed E-state index contributed by atoms with van der Waals surface area (Å²) in [4.78, 5) is 0. The Kier molecular flexibility index (Phi) is 5.59. The van der Waals surface area contributed by atoms with Crippen molar-refractivity contribution in [2.24, 2.45) is 10.8 Å². The molecule has 1 aliphatic rings. The molecule has 0 fully saturated rings. The molecule has 1 aliphatic heterocycles. The van der Waals surface area contributed by atoms with Crippen molar-refractivity contribution in [1.29, 1.82) is 10.5 Å². The van der Waals surface area contributed by atoms with E-state index in [4.69, 9.17) is 4.74 Å². The predicted molar refractivity (Wildman–Crippen MR) is 122 cm³/mol. The van der Waals surface area contributed by atoms with Crippen LogP contribution in [-0.4, -0.2) is 0 Å². The van der Waals surface area contributed by atoms with Gasteiger partial charge in [0.2, 0.25) is 0 Å². The molecule has 0 bridgehead atoms. The molecule has 0 unspecified atom stereocenters. The van der Waals surface area contributed by atoms with Crippen LogP contribution in [0.5, 0.6) is 0 Å². The van der Waals surface area contributed by atoms with Crippen molar-refractivity contribution in [2.75, 3.05) is 0 Å². The van der Waals surface area contributed by atoms with Gasteiger partial charge in [0.1, 0.15) is 29.2 Å². The van der Waals surface area contributed by atoms with Crippen molar-refractivity contribution in [2.45, 2.75) is 41.5 Å². The van der Waals surface area contributed by atoms with Gasteiger partial charge in [0, 0.05) is 20.7 Å². The Morgan fingerprint density at radius 3 is 2.07 bits per heavy atom. The van der Waals surface area contributed by atoms with Crippen LogP contribution in [-0.2, 0) is 4.74 Å². The molecule has 0 radical (unpaired) electrons. The second-order valence-electron chi connectivity index (χ2n) is 9.01. The fourth-order valence-electron chi connectivity index (χ4n) is 2.84. The molecule has 0 aromatic carbocycles. The van der Waals surface area contributed by atoms with Crippen LogP contribution in [0.2, 0.25) is 0 Å². The monoisotopic (exact) mass is 420 g/mol. The van der Waals surface area contributed by atoms with Crippen molar-refractivity contribution in [3.8, 4) is 12.1 Å². The van der Waals surface area contributed by atoms with Gasteiger partial charge in [-0.25, -0.2) is 0 Å². The van der Waals surface area contributed by atoms with E-state index >= 15 is 0 Å². The van der Waals surface area contributed by atoms with Crippen LogP contribution in [0, 0.1) is 33.5 Å². The maximum atomic E-state index is 9.37. The summed E-state index contributed by atoms with van der Waals surface area (Å²) >= 11 is 3.13. The molecule has 3 nitrogen and oxygen atoms in total. The van der Waals surface area contributed by atoms with E-state index in [0.717, 1.165) is 36.2 Å². The first-order chi connectivity index (χ1) is 13.5. The zero-order valence-electron chi connectivity index (χ0n) is 17.6. The van der Waals surface area contributed by atoms with Crippen LogP contribution in [0.25, 0.3) is 21.0 Å². The van der Waals surface area contributed by atoms with E-state index in [2.05, 4.69) is 59.8 Å². The number of hydrogen-bond donors (Lipinski definition) is 0. The molecule has 29 heavy (non-hydrogen) atoms. The summed E-state index contributed by atoms with van der Waals surface area (Å²) in [7, 11) is 0. The number of nitriles is 2. The molecule has 2 aromatic rings. The van der Waals surface area contributed by atoms with E-state index < -0.39 is 0 Å². The van der Waals surface area contributed by atoms with Crippen LogP contribution in [0.1, 0.15) is 41.5 Å². The highest BCUT2D eigenvalue weighted by Crippen LogP contribution is 2.38. The number of allylic oxidation sites excluding steroid dienone is 6. The standard InChI is InChI=1S/C24H24N2OS2/c1-23(2,3)19-11-15(12-20(27-19)24(4,5)6)7-8-17-21(16(13-25)14-26)29-18-9-10-28-22(17)18/h7-12H,1-6H3/b17-8-. The molecule has 3 heterocycles. The fourth-order valence-corrected chi connectivity index (χ4v) is 5.12. The van der Waals surface area contributed by atoms with Gasteiger partial charge in [-0.15, -0.1) is 22.7 Å². The quantitative estimate of drug-likeness (QED) is 0.589. The number of ether oxygens (including phenoxy) is 1. The Morgan fingerprint density at radius 2 is 1.55 bits per heavy atom. The highest BCUT2D eigenvalue weighted by Gasteiger charge is 2.28. The molecule has 0 aliphatic carbocycles. The number of rotatable bonds is 1. The lowest BCUT2D eigenvalue weighted by Gasteiger charge is -2.32. The third-order valence-electron chi connectivity index (χ3n) is 4.52. The summed E-state index contributed by atoms with van der Waals surface area (Å²) in [6, 6.07) is 6.11. The minimum absolute atomic E-state index is 0.110. The third kappa shape index (κ3) is 4.37. The Bertz CT molecular complexity index is 1210. The Balaban J connectivity index is 2.26. The summed E-state index contributed by atoms with van der Waals surface area (Å²) in [5, 5.41) is 21.7. The summed E-state index contributed by atoms with van der Waals surface area (Å²) in [6.07, 6.45) is 8.22. The SMILES string of the molecule is CC(C)(C)C1=CC(=C/C=c2/c(=C(C#N)C#N)sc3ccsc23)C=C(C(C)(C)C)O1. The zero-order valence-corrected chi connectivity index (χ0v) is 19.2. The van der Waals surface area contributed by atoms with Crippen LogP contribution in [0.3, 0.4) is 0 Å². The van der Waals surface area contributed by atoms with E-state index in [1.54, 1.807) is 11.3 Å². The lowest BCUT2D eigenvalue weighted by molar-refractivity contribution is 0.161. The van der Waals surface area contributed by atoms with Gasteiger partial charge in [-0.1, -0.05) is 53.7 Å². The van der Waals surface area contributed by atoms with Crippen molar-refractivity contribution in [1.82, 2.24) is 0 Å². The van der Waals surface area contributed by atoms with E-state index in [1.165, 1.54) is 11.3 Å². The molecule has 148 valence electrons. The first kappa shape index (κ1) is 21.1. The molecule has 0 atom stereocenters. The summed E-state index contributed by atoms with van der Waals surface area (Å²) < 4.78 is 9.16. The fraction of sp³-hybridized carbons (Fsp3) is 0.333. The van der Waals surface area contributed by atoms with Crippen molar-refractivity contribution in [3.05, 3.63) is 56.5 Å². The van der Waals surface area contributed by atoms with Crippen molar-refractivity contribution >= 4 is 43.7 Å². The second kappa shape index (κ2) is 7.67. The Morgan fingerprint density at radius 1 is 0.966 bits per heavy atom. The van der Waals surface area contributed by atoms with Gasteiger partial charge in [-0.3, -0.25) is 0 Å². The van der Waals surface area contributed by atoms with Crippen LogP contribution in [0.4, 0.5) is 0 Å². The van der Waals surface area contributed by atoms with Gasteiger partial charge in [0.15, 0.2) is 0 Å². The van der Waals surface area contributed by atoms with Crippen LogP contribution >= 0.6 is 22.7 Å². The first-order valence-electron chi connectivity index (χ1n) is 9.39. The van der Waals surface area contributed by atoms with Gasteiger partial charge in [0.05, 0.1) is 9.23 Å². The lowest BCUT2D eigenvalue weighted by Crippen LogP contribution is -2.21. The summed E-state index contributed by atoms with van der Waals surface area (Å²) in [5.74, 6) is 1.86. The molecule has 0 N–H and O–H groups in total. The molecule has 0 saturated carbocycles. The normalized spacial score (nSPS) is 15.3. The number of fused-ring (bicyclic) bond motifs is 1. The Labute approximate surface area is 179 Å². The minimum atomic E-state index is -0.110. The molecular formula is C24H24N2OS2. The van der Waals surface area contributed by atoms with E-state index in [0.29, 0.717) is 0 Å². The maximum absolute atomic E-state index is 9.37. The minimum Gasteiger partial charge on any atom is -0.465 e. The topological polar surface area (TPSA) is 56.8 Å². The smallest absolute Gasteiger partial charge is 0.147 e. The summed E-state index contributed by atoms with van der Waals surface area (Å²) in [6.45, 7) is 12.8. The van der Waals surface area contributed by atoms with E-state index in [9.17, 15) is 10.5 Å². The van der Waals surface area contributed by atoms with Gasteiger partial charge >= 0.3 is 0 Å². The van der Waals surface area contributed by atoms with E-state index in [1.807, 2.05) is 29.7 Å². The second-order valence-corrected chi connectivity index (χ2v) is 11.0. The molecule has 2 aromatic heterocycles. The van der Waals surface area contributed by atoms with Crippen molar-refractivity contribution < 1.29 is 4.74 Å². The molecular weight excluding hydrogens is 396 g/mol. The molecule has 0 saturated heterocycles. The average Bonchev–Trinajstić information content (AvgIpc) is 3.21. The lowest BCUT2D eigenvalue weighted by atomic mass is 9.87. The summed E-state index contributed by atoms with van der Waals surface area (Å²) in [5.41, 5.74) is 0.984. The van der Waals surface area contributed by atoms with Gasteiger partial charge in [-0.05, 0) is 29.2 Å². The average molecular weight is 421 g/mol.